The van der Waals surface area contributed by atoms with Crippen molar-refractivity contribution in [1.29, 1.82) is 0 Å². The Kier molecular flexibility index (Phi) is 7.42. The van der Waals surface area contributed by atoms with E-state index in [1.165, 1.54) is 26.9 Å². The van der Waals surface area contributed by atoms with Gasteiger partial charge in [0.25, 0.3) is 0 Å². The summed E-state index contributed by atoms with van der Waals surface area (Å²) in [4.78, 5) is 9.63. The molecule has 0 amide bonds. The van der Waals surface area contributed by atoms with Crippen molar-refractivity contribution >= 4 is 55.6 Å². The van der Waals surface area contributed by atoms with Gasteiger partial charge in [-0.25, -0.2) is 9.97 Å². The largest absolute Gasteiger partial charge is 0.305 e. The van der Waals surface area contributed by atoms with Crippen LogP contribution >= 0.6 is 7.14 Å². The lowest BCUT2D eigenvalue weighted by Crippen LogP contribution is -2.29. The van der Waals surface area contributed by atoms with Gasteiger partial charge in [-0.1, -0.05) is 158 Å². The van der Waals surface area contributed by atoms with Gasteiger partial charge in [-0.2, -0.15) is 0 Å². The van der Waals surface area contributed by atoms with Gasteiger partial charge in [0.2, 0.25) is 7.14 Å². The Morgan fingerprint density at radius 2 is 0.640 bits per heavy atom. The Balaban J connectivity index is 1.12. The Bertz CT molecular complexity index is 2420. The number of fused-ring (bicyclic) bond motifs is 3. The minimum atomic E-state index is -3.45. The van der Waals surface area contributed by atoms with Crippen molar-refractivity contribution in [3.8, 4) is 33.4 Å². The smallest absolute Gasteiger partial charge is 0.206 e. The van der Waals surface area contributed by atoms with Crippen LogP contribution in [0.2, 0.25) is 0 Å². The van der Waals surface area contributed by atoms with Gasteiger partial charge in [0.15, 0.2) is 5.57 Å². The molecule has 0 N–H and O–H groups in total. The first-order chi connectivity index (χ1) is 24.6. The van der Waals surface area contributed by atoms with Crippen LogP contribution in [0.1, 0.15) is 0 Å². The standard InChI is InChI=1S/C46H31N2OP/c49-50(44-23-19-35(20-24-44)40-16-13-32-7-1-4-10-37(32)27-40,45-25-21-36(22-26-45)41-17-14-33-8-2-5-11-38(33)28-41)46-47-30-43(31-48-46)42-18-15-34-9-3-6-12-39(34)29-42/h1-31H. The fourth-order valence-electron chi connectivity index (χ4n) is 6.85. The first-order valence-electron chi connectivity index (χ1n) is 16.7. The summed E-state index contributed by atoms with van der Waals surface area (Å²) in [6.45, 7) is 0. The Labute approximate surface area is 290 Å². The molecule has 0 fully saturated rings. The van der Waals surface area contributed by atoms with Crippen LogP contribution in [0, 0.1) is 0 Å². The van der Waals surface area contributed by atoms with E-state index >= 15 is 4.57 Å². The van der Waals surface area contributed by atoms with Gasteiger partial charge in [0.05, 0.1) is 0 Å². The number of hydrogen-bond acceptors (Lipinski definition) is 3. The second kappa shape index (κ2) is 12.4. The van der Waals surface area contributed by atoms with Crippen molar-refractivity contribution in [1.82, 2.24) is 9.97 Å². The van der Waals surface area contributed by atoms with E-state index in [1.807, 2.05) is 36.4 Å². The summed E-state index contributed by atoms with van der Waals surface area (Å²) in [6.07, 6.45) is 3.60. The molecule has 0 bridgehead atoms. The van der Waals surface area contributed by atoms with Crippen molar-refractivity contribution in [3.05, 3.63) is 188 Å². The molecule has 0 aliphatic rings. The molecule has 236 valence electrons. The lowest BCUT2D eigenvalue weighted by molar-refractivity contribution is 0.591. The summed E-state index contributed by atoms with van der Waals surface area (Å²) in [5.41, 5.74) is 6.56. The fourth-order valence-corrected chi connectivity index (χ4v) is 9.19. The highest BCUT2D eigenvalue weighted by atomic mass is 31.2. The lowest BCUT2D eigenvalue weighted by atomic mass is 10.0. The van der Waals surface area contributed by atoms with E-state index < -0.39 is 7.14 Å². The van der Waals surface area contributed by atoms with E-state index in [0.29, 0.717) is 16.2 Å². The molecule has 0 saturated carbocycles. The maximum atomic E-state index is 15.6. The average molecular weight is 659 g/mol. The molecule has 0 spiro atoms. The topological polar surface area (TPSA) is 42.9 Å². The van der Waals surface area contributed by atoms with Gasteiger partial charge in [0, 0.05) is 28.6 Å². The summed E-state index contributed by atoms with van der Waals surface area (Å²) in [6, 6.07) is 60.4. The van der Waals surface area contributed by atoms with Gasteiger partial charge in [0.1, 0.15) is 0 Å². The van der Waals surface area contributed by atoms with Crippen LogP contribution in [0.15, 0.2) is 188 Å². The molecule has 4 heteroatoms. The molecule has 0 saturated heterocycles. The van der Waals surface area contributed by atoms with Gasteiger partial charge >= 0.3 is 0 Å². The van der Waals surface area contributed by atoms with E-state index in [4.69, 9.17) is 9.97 Å². The molecule has 0 aliphatic carbocycles. The Hall–Kier alpha value is -6.15. The molecule has 0 radical (unpaired) electrons. The molecule has 8 aromatic carbocycles. The zero-order chi connectivity index (χ0) is 33.5. The highest BCUT2D eigenvalue weighted by Crippen LogP contribution is 2.42. The Morgan fingerprint density at radius 1 is 0.320 bits per heavy atom. The fraction of sp³-hybridized carbons (Fsp3) is 0. The molecule has 1 heterocycles. The molecule has 1 aromatic heterocycles. The van der Waals surface area contributed by atoms with Crippen LogP contribution in [0.3, 0.4) is 0 Å². The quantitative estimate of drug-likeness (QED) is 0.167. The first-order valence-corrected chi connectivity index (χ1v) is 18.4. The van der Waals surface area contributed by atoms with E-state index in [0.717, 1.165) is 38.8 Å². The van der Waals surface area contributed by atoms with Crippen molar-refractivity contribution in [2.45, 2.75) is 0 Å². The van der Waals surface area contributed by atoms with Crippen molar-refractivity contribution in [2.24, 2.45) is 0 Å². The number of benzene rings is 8. The van der Waals surface area contributed by atoms with E-state index in [2.05, 4.69) is 140 Å². The molecule has 9 aromatic rings. The van der Waals surface area contributed by atoms with Crippen LogP contribution in [0.5, 0.6) is 0 Å². The zero-order valence-electron chi connectivity index (χ0n) is 27.1. The highest BCUT2D eigenvalue weighted by molar-refractivity contribution is 7.84. The third-order valence-corrected chi connectivity index (χ3v) is 12.5. The monoisotopic (exact) mass is 658 g/mol. The summed E-state index contributed by atoms with van der Waals surface area (Å²) >= 11 is 0. The van der Waals surface area contributed by atoms with Crippen LogP contribution < -0.4 is 16.2 Å². The number of aromatic nitrogens is 2. The zero-order valence-corrected chi connectivity index (χ0v) is 28.0. The van der Waals surface area contributed by atoms with Crippen LogP contribution in [0.25, 0.3) is 65.7 Å². The minimum Gasteiger partial charge on any atom is -0.305 e. The molecule has 0 atom stereocenters. The maximum Gasteiger partial charge on any atom is 0.206 e. The highest BCUT2D eigenvalue weighted by Gasteiger charge is 2.33. The normalized spacial score (nSPS) is 11.7. The third kappa shape index (κ3) is 5.39. The predicted octanol–water partition coefficient (Wildman–Crippen LogP) is 10.6. The number of hydrogen-bond donors (Lipinski definition) is 0. The maximum absolute atomic E-state index is 15.6. The summed E-state index contributed by atoms with van der Waals surface area (Å²) < 4.78 is 15.6. The summed E-state index contributed by atoms with van der Waals surface area (Å²) in [5, 5.41) is 8.49. The molecule has 50 heavy (non-hydrogen) atoms. The summed E-state index contributed by atoms with van der Waals surface area (Å²) in [7, 11) is -3.45. The lowest BCUT2D eigenvalue weighted by Gasteiger charge is -2.19. The number of rotatable bonds is 6. The molecule has 0 unspecified atom stereocenters. The molecular formula is C46H31N2OP. The molecule has 0 aliphatic heterocycles. The minimum absolute atomic E-state index is 0.318. The Morgan fingerprint density at radius 3 is 1.02 bits per heavy atom. The average Bonchev–Trinajstić information content (AvgIpc) is 3.20. The van der Waals surface area contributed by atoms with Crippen molar-refractivity contribution in [3.63, 3.8) is 0 Å². The number of nitrogens with zero attached hydrogens (tertiary/aromatic N) is 2. The SMILES string of the molecule is O=P(c1ccc(-c2ccc3ccccc3c2)cc1)(c1ccc(-c2ccc3ccccc3c2)cc1)c1ncc(-c2ccc3ccccc3c2)cn1. The van der Waals surface area contributed by atoms with Crippen molar-refractivity contribution in [2.75, 3.05) is 0 Å². The van der Waals surface area contributed by atoms with Gasteiger partial charge < -0.3 is 4.57 Å². The second-order valence-electron chi connectivity index (χ2n) is 12.7. The third-order valence-electron chi connectivity index (χ3n) is 9.63. The molecular weight excluding hydrogens is 627 g/mol. The van der Waals surface area contributed by atoms with E-state index in [9.17, 15) is 0 Å². The van der Waals surface area contributed by atoms with Crippen LogP contribution in [0.4, 0.5) is 0 Å². The predicted molar refractivity (Wildman–Crippen MR) is 210 cm³/mol. The second-order valence-corrected chi connectivity index (χ2v) is 15.3. The van der Waals surface area contributed by atoms with Gasteiger partial charge in [-0.3, -0.25) is 0 Å². The van der Waals surface area contributed by atoms with Crippen LogP contribution in [-0.2, 0) is 4.57 Å². The molecule has 9 rings (SSSR count). The first kappa shape index (κ1) is 29.9. The van der Waals surface area contributed by atoms with E-state index in [-0.39, 0.29) is 0 Å². The van der Waals surface area contributed by atoms with Gasteiger partial charge in [-0.15, -0.1) is 0 Å². The van der Waals surface area contributed by atoms with Crippen molar-refractivity contribution < 1.29 is 4.57 Å². The van der Waals surface area contributed by atoms with Gasteiger partial charge in [-0.05, 0) is 78.3 Å². The van der Waals surface area contributed by atoms with Crippen LogP contribution in [-0.4, -0.2) is 9.97 Å². The van der Waals surface area contributed by atoms with E-state index in [1.54, 1.807) is 12.4 Å². The molecule has 3 nitrogen and oxygen atoms in total. The summed E-state index contributed by atoms with van der Waals surface area (Å²) in [5.74, 6) is 0.